The summed E-state index contributed by atoms with van der Waals surface area (Å²) in [6, 6.07) is 13.4. The Bertz CT molecular complexity index is 772. The Balaban J connectivity index is 1.82. The second-order valence-corrected chi connectivity index (χ2v) is 4.94. The highest BCUT2D eigenvalue weighted by Crippen LogP contribution is 2.22. The Labute approximate surface area is 126 Å². The number of hydrogen-bond donors (Lipinski definition) is 0. The quantitative estimate of drug-likeness (QED) is 0.496. The maximum Gasteiger partial charge on any atom is 0.282 e. The SMILES string of the molecule is Cc1ccc(C(=O)/C=N/N2C(=O)c3ccccc3C2=O)cc1. The third kappa shape index (κ3) is 2.33. The van der Waals surface area contributed by atoms with Gasteiger partial charge in [-0.15, -0.1) is 0 Å². The number of hydrogen-bond acceptors (Lipinski definition) is 4. The zero-order chi connectivity index (χ0) is 15.7. The molecule has 3 rings (SSSR count). The number of carbonyl (C=O) groups excluding carboxylic acids is 3. The first-order chi connectivity index (χ1) is 10.6. The van der Waals surface area contributed by atoms with Gasteiger partial charge < -0.3 is 0 Å². The number of rotatable bonds is 3. The number of carbonyl (C=O) groups is 3. The molecule has 0 bridgehead atoms. The lowest BCUT2D eigenvalue weighted by atomic mass is 10.1. The maximum atomic E-state index is 12.1. The van der Waals surface area contributed by atoms with E-state index < -0.39 is 11.8 Å². The molecule has 2 aromatic rings. The van der Waals surface area contributed by atoms with Crippen LogP contribution in [0.15, 0.2) is 53.6 Å². The van der Waals surface area contributed by atoms with Crippen molar-refractivity contribution in [2.24, 2.45) is 5.10 Å². The van der Waals surface area contributed by atoms with Crippen LogP contribution in [0.1, 0.15) is 36.6 Å². The standard InChI is InChI=1S/C17H12N2O3/c1-11-6-8-12(9-7-11)15(20)10-18-19-16(21)13-4-2-3-5-14(13)17(19)22/h2-10H,1H3/b18-10+. The molecule has 1 heterocycles. The van der Waals surface area contributed by atoms with Crippen LogP contribution in [-0.2, 0) is 0 Å². The van der Waals surface area contributed by atoms with E-state index in [0.717, 1.165) is 16.8 Å². The van der Waals surface area contributed by atoms with E-state index >= 15 is 0 Å². The van der Waals surface area contributed by atoms with Crippen LogP contribution >= 0.6 is 0 Å². The minimum absolute atomic E-state index is 0.299. The van der Waals surface area contributed by atoms with Gasteiger partial charge in [-0.05, 0) is 19.1 Å². The first-order valence-corrected chi connectivity index (χ1v) is 6.71. The fourth-order valence-corrected chi connectivity index (χ4v) is 2.18. The summed E-state index contributed by atoms with van der Waals surface area (Å²) in [5.41, 5.74) is 2.08. The lowest BCUT2D eigenvalue weighted by molar-refractivity contribution is 0.0660. The molecule has 0 aromatic heterocycles. The number of nitrogens with zero attached hydrogens (tertiary/aromatic N) is 2. The number of fused-ring (bicyclic) bond motifs is 1. The van der Waals surface area contributed by atoms with E-state index in [9.17, 15) is 14.4 Å². The van der Waals surface area contributed by atoms with E-state index in [2.05, 4.69) is 5.10 Å². The predicted octanol–water partition coefficient (Wildman–Crippen LogP) is 2.46. The van der Waals surface area contributed by atoms with Crippen LogP contribution in [0.3, 0.4) is 0 Å². The van der Waals surface area contributed by atoms with Crippen molar-refractivity contribution in [3.63, 3.8) is 0 Å². The minimum atomic E-state index is -0.520. The van der Waals surface area contributed by atoms with Crippen molar-refractivity contribution in [2.75, 3.05) is 0 Å². The lowest BCUT2D eigenvalue weighted by Gasteiger charge is -2.05. The van der Waals surface area contributed by atoms with Crippen LogP contribution in [0.2, 0.25) is 0 Å². The van der Waals surface area contributed by atoms with Crippen LogP contribution in [0, 0.1) is 6.92 Å². The molecular weight excluding hydrogens is 280 g/mol. The van der Waals surface area contributed by atoms with Gasteiger partial charge in [0.25, 0.3) is 11.8 Å². The molecule has 0 saturated carbocycles. The second-order valence-electron chi connectivity index (χ2n) is 4.94. The van der Waals surface area contributed by atoms with Crippen LogP contribution < -0.4 is 0 Å². The van der Waals surface area contributed by atoms with E-state index in [4.69, 9.17) is 0 Å². The monoisotopic (exact) mass is 292 g/mol. The van der Waals surface area contributed by atoms with E-state index in [1.165, 1.54) is 0 Å². The van der Waals surface area contributed by atoms with Crippen LogP contribution in [0.5, 0.6) is 0 Å². The summed E-state index contributed by atoms with van der Waals surface area (Å²) in [4.78, 5) is 36.2. The highest BCUT2D eigenvalue weighted by Gasteiger charge is 2.35. The number of hydrazone groups is 1. The molecule has 0 fully saturated rings. The molecule has 1 aliphatic heterocycles. The van der Waals surface area contributed by atoms with Gasteiger partial charge in [0.1, 0.15) is 0 Å². The normalized spacial score (nSPS) is 13.8. The number of benzene rings is 2. The van der Waals surface area contributed by atoms with Crippen molar-refractivity contribution >= 4 is 23.8 Å². The van der Waals surface area contributed by atoms with Crippen LogP contribution in [0.4, 0.5) is 0 Å². The second kappa shape index (κ2) is 5.37. The van der Waals surface area contributed by atoms with Crippen molar-refractivity contribution < 1.29 is 14.4 Å². The van der Waals surface area contributed by atoms with E-state index in [0.29, 0.717) is 16.7 Å². The van der Waals surface area contributed by atoms with E-state index in [1.54, 1.807) is 36.4 Å². The number of ketones is 1. The van der Waals surface area contributed by atoms with Crippen molar-refractivity contribution in [3.8, 4) is 0 Å². The van der Waals surface area contributed by atoms with E-state index in [1.807, 2.05) is 19.1 Å². The summed E-state index contributed by atoms with van der Waals surface area (Å²) < 4.78 is 0. The van der Waals surface area contributed by atoms with Crippen molar-refractivity contribution in [2.45, 2.75) is 6.92 Å². The first-order valence-electron chi connectivity index (χ1n) is 6.71. The molecule has 5 nitrogen and oxygen atoms in total. The average molecular weight is 292 g/mol. The molecule has 1 aliphatic rings. The Morgan fingerprint density at radius 3 is 2.05 bits per heavy atom. The van der Waals surface area contributed by atoms with Gasteiger partial charge in [0.2, 0.25) is 5.78 Å². The molecule has 0 saturated heterocycles. The minimum Gasteiger partial charge on any atom is -0.287 e. The highest BCUT2D eigenvalue weighted by atomic mass is 16.2. The highest BCUT2D eigenvalue weighted by molar-refractivity contribution is 6.36. The Kier molecular flexibility index (Phi) is 3.39. The molecule has 2 amide bonds. The number of Topliss-reactive ketones (excluding diaryl/α,β-unsaturated/α-hetero) is 1. The zero-order valence-corrected chi connectivity index (χ0v) is 11.8. The number of imide groups is 1. The summed E-state index contributed by atoms with van der Waals surface area (Å²) in [5, 5.41) is 4.48. The van der Waals surface area contributed by atoms with Gasteiger partial charge in [-0.25, -0.2) is 0 Å². The lowest BCUT2D eigenvalue weighted by Crippen LogP contribution is -2.24. The van der Waals surface area contributed by atoms with Crippen molar-refractivity contribution in [3.05, 3.63) is 70.8 Å². The topological polar surface area (TPSA) is 66.8 Å². The largest absolute Gasteiger partial charge is 0.287 e. The number of aryl methyl sites for hydroxylation is 1. The predicted molar refractivity (Wildman–Crippen MR) is 80.9 cm³/mol. The Morgan fingerprint density at radius 2 is 1.50 bits per heavy atom. The smallest absolute Gasteiger partial charge is 0.282 e. The molecule has 0 atom stereocenters. The summed E-state index contributed by atoms with van der Waals surface area (Å²) >= 11 is 0. The van der Waals surface area contributed by atoms with Gasteiger partial charge in [0.15, 0.2) is 0 Å². The summed E-state index contributed by atoms with van der Waals surface area (Å²) in [7, 11) is 0. The summed E-state index contributed by atoms with van der Waals surface area (Å²) in [6.07, 6.45) is 0.992. The molecule has 108 valence electrons. The van der Waals surface area contributed by atoms with Crippen LogP contribution in [-0.4, -0.2) is 28.8 Å². The van der Waals surface area contributed by atoms with Crippen molar-refractivity contribution in [1.29, 1.82) is 0 Å². The molecule has 0 N–H and O–H groups in total. The van der Waals surface area contributed by atoms with Gasteiger partial charge in [0.05, 0.1) is 17.3 Å². The third-order valence-corrected chi connectivity index (χ3v) is 3.40. The van der Waals surface area contributed by atoms with Crippen LogP contribution in [0.25, 0.3) is 0 Å². The molecule has 0 aliphatic carbocycles. The molecule has 22 heavy (non-hydrogen) atoms. The molecule has 0 unspecified atom stereocenters. The number of amides is 2. The van der Waals surface area contributed by atoms with Gasteiger partial charge in [-0.2, -0.15) is 10.1 Å². The first kappa shape index (κ1) is 13.9. The van der Waals surface area contributed by atoms with Gasteiger partial charge >= 0.3 is 0 Å². The molecule has 0 spiro atoms. The van der Waals surface area contributed by atoms with Crippen molar-refractivity contribution in [1.82, 2.24) is 5.01 Å². The van der Waals surface area contributed by atoms with E-state index in [-0.39, 0.29) is 5.78 Å². The fourth-order valence-electron chi connectivity index (χ4n) is 2.18. The maximum absolute atomic E-state index is 12.1. The van der Waals surface area contributed by atoms with Gasteiger partial charge in [0, 0.05) is 5.56 Å². The summed E-state index contributed by atoms with van der Waals surface area (Å²) in [5.74, 6) is -1.40. The Hall–Kier alpha value is -3.08. The fraction of sp³-hybridized carbons (Fsp3) is 0.0588. The molecular formula is C17H12N2O3. The summed E-state index contributed by atoms with van der Waals surface area (Å²) in [6.45, 7) is 1.92. The van der Waals surface area contributed by atoms with Gasteiger partial charge in [-0.3, -0.25) is 14.4 Å². The van der Waals surface area contributed by atoms with Gasteiger partial charge in [-0.1, -0.05) is 42.0 Å². The Morgan fingerprint density at radius 1 is 0.955 bits per heavy atom. The molecule has 0 radical (unpaired) electrons. The molecule has 2 aromatic carbocycles. The zero-order valence-electron chi connectivity index (χ0n) is 11.8. The molecule has 5 heteroatoms. The third-order valence-electron chi connectivity index (χ3n) is 3.40. The average Bonchev–Trinajstić information content (AvgIpc) is 2.78.